The van der Waals surface area contributed by atoms with Gasteiger partial charge >= 0.3 is 0 Å². The topological polar surface area (TPSA) is 59.2 Å². The molecule has 2 aromatic rings. The molecule has 108 valence electrons. The van der Waals surface area contributed by atoms with E-state index in [-0.39, 0.29) is 5.91 Å². The standard InChI is InChI=1S/C16H16ClN3O/c17-13-5-6-14-11(9-13)3-1-2-8-20(14)16(21)12-4-7-15(18)19-10-12/h4-7,9-10H,1-3,8H2,(H2,18,19). The van der Waals surface area contributed by atoms with E-state index in [4.69, 9.17) is 17.3 Å². The summed E-state index contributed by atoms with van der Waals surface area (Å²) in [6.07, 6.45) is 4.50. The molecule has 0 bridgehead atoms. The van der Waals surface area contributed by atoms with Crippen LogP contribution in [0.1, 0.15) is 28.8 Å². The van der Waals surface area contributed by atoms with E-state index in [0.29, 0.717) is 22.9 Å². The highest BCUT2D eigenvalue weighted by molar-refractivity contribution is 6.30. The molecule has 1 aromatic carbocycles. The number of carbonyl (C=O) groups excluding carboxylic acids is 1. The lowest BCUT2D eigenvalue weighted by atomic mass is 10.1. The largest absolute Gasteiger partial charge is 0.384 e. The molecular weight excluding hydrogens is 286 g/mol. The molecule has 1 aliphatic heterocycles. The fourth-order valence-electron chi connectivity index (χ4n) is 2.62. The molecule has 0 unspecified atom stereocenters. The number of pyridine rings is 1. The monoisotopic (exact) mass is 301 g/mol. The summed E-state index contributed by atoms with van der Waals surface area (Å²) in [5.74, 6) is 0.363. The summed E-state index contributed by atoms with van der Waals surface area (Å²) < 4.78 is 0. The third-order valence-corrected chi connectivity index (χ3v) is 3.92. The van der Waals surface area contributed by atoms with Crippen LogP contribution in [-0.2, 0) is 6.42 Å². The maximum atomic E-state index is 12.7. The molecule has 1 aliphatic rings. The van der Waals surface area contributed by atoms with Crippen LogP contribution in [0.4, 0.5) is 11.5 Å². The Morgan fingerprint density at radius 3 is 2.86 bits per heavy atom. The van der Waals surface area contributed by atoms with Crippen LogP contribution in [0.2, 0.25) is 5.02 Å². The zero-order chi connectivity index (χ0) is 14.8. The molecule has 0 atom stereocenters. The van der Waals surface area contributed by atoms with Gasteiger partial charge in [0.05, 0.1) is 5.56 Å². The Bertz CT molecular complexity index is 670. The first-order valence-corrected chi connectivity index (χ1v) is 7.35. The highest BCUT2D eigenvalue weighted by atomic mass is 35.5. The highest BCUT2D eigenvalue weighted by Crippen LogP contribution is 2.30. The van der Waals surface area contributed by atoms with Crippen LogP contribution in [0.15, 0.2) is 36.5 Å². The number of hydrogen-bond donors (Lipinski definition) is 1. The lowest BCUT2D eigenvalue weighted by molar-refractivity contribution is 0.0986. The van der Waals surface area contributed by atoms with Crippen molar-refractivity contribution in [3.05, 3.63) is 52.7 Å². The number of halogens is 1. The number of benzene rings is 1. The van der Waals surface area contributed by atoms with E-state index in [9.17, 15) is 4.79 Å². The number of nitrogens with zero attached hydrogens (tertiary/aromatic N) is 2. The Kier molecular flexibility index (Phi) is 3.80. The van der Waals surface area contributed by atoms with Gasteiger partial charge in [-0.1, -0.05) is 11.6 Å². The van der Waals surface area contributed by atoms with E-state index in [1.807, 2.05) is 23.1 Å². The molecule has 2 heterocycles. The average molecular weight is 302 g/mol. The Morgan fingerprint density at radius 1 is 1.24 bits per heavy atom. The highest BCUT2D eigenvalue weighted by Gasteiger charge is 2.22. The molecule has 1 aromatic heterocycles. The summed E-state index contributed by atoms with van der Waals surface area (Å²) in [5, 5.41) is 0.706. The SMILES string of the molecule is Nc1ccc(C(=O)N2CCCCc3cc(Cl)ccc32)cn1. The minimum Gasteiger partial charge on any atom is -0.384 e. The minimum absolute atomic E-state index is 0.0482. The summed E-state index contributed by atoms with van der Waals surface area (Å²) in [5.41, 5.74) is 8.19. The second-order valence-corrected chi connectivity index (χ2v) is 5.60. The van der Waals surface area contributed by atoms with Crippen LogP contribution in [0, 0.1) is 0 Å². The van der Waals surface area contributed by atoms with Crippen LogP contribution in [0.5, 0.6) is 0 Å². The van der Waals surface area contributed by atoms with E-state index in [1.54, 1.807) is 12.1 Å². The van der Waals surface area contributed by atoms with E-state index < -0.39 is 0 Å². The van der Waals surface area contributed by atoms with Crippen molar-refractivity contribution < 1.29 is 4.79 Å². The molecule has 0 radical (unpaired) electrons. The quantitative estimate of drug-likeness (QED) is 0.879. The maximum Gasteiger partial charge on any atom is 0.259 e. The Labute approximate surface area is 128 Å². The summed E-state index contributed by atoms with van der Waals surface area (Å²) >= 11 is 6.06. The van der Waals surface area contributed by atoms with Crippen molar-refractivity contribution in [1.82, 2.24) is 4.98 Å². The third-order valence-electron chi connectivity index (χ3n) is 3.69. The second-order valence-electron chi connectivity index (χ2n) is 5.16. The molecule has 0 saturated heterocycles. The zero-order valence-electron chi connectivity index (χ0n) is 11.6. The molecule has 0 spiro atoms. The normalized spacial score (nSPS) is 14.4. The number of anilines is 2. The molecule has 21 heavy (non-hydrogen) atoms. The lowest BCUT2D eigenvalue weighted by Crippen LogP contribution is -2.31. The molecule has 0 aliphatic carbocycles. The van der Waals surface area contributed by atoms with Crippen molar-refractivity contribution in [2.75, 3.05) is 17.2 Å². The lowest BCUT2D eigenvalue weighted by Gasteiger charge is -2.23. The summed E-state index contributed by atoms with van der Waals surface area (Å²) in [7, 11) is 0. The van der Waals surface area contributed by atoms with Crippen LogP contribution in [-0.4, -0.2) is 17.4 Å². The first kappa shape index (κ1) is 13.9. The molecule has 0 saturated carbocycles. The molecule has 4 nitrogen and oxygen atoms in total. The molecule has 0 fully saturated rings. The zero-order valence-corrected chi connectivity index (χ0v) is 12.3. The van der Waals surface area contributed by atoms with E-state index in [2.05, 4.69) is 4.98 Å². The van der Waals surface area contributed by atoms with Gasteiger partial charge in [-0.25, -0.2) is 4.98 Å². The van der Waals surface area contributed by atoms with Gasteiger partial charge in [-0.05, 0) is 55.2 Å². The molecule has 1 amide bonds. The smallest absolute Gasteiger partial charge is 0.259 e. The van der Waals surface area contributed by atoms with Crippen LogP contribution in [0.25, 0.3) is 0 Å². The van der Waals surface area contributed by atoms with Gasteiger partial charge in [-0.3, -0.25) is 4.79 Å². The van der Waals surface area contributed by atoms with Crippen molar-refractivity contribution in [2.45, 2.75) is 19.3 Å². The number of aryl methyl sites for hydroxylation is 1. The Balaban J connectivity index is 1.98. The van der Waals surface area contributed by atoms with Gasteiger partial charge in [-0.2, -0.15) is 0 Å². The number of carbonyl (C=O) groups is 1. The second kappa shape index (κ2) is 5.74. The summed E-state index contributed by atoms with van der Waals surface area (Å²) in [4.78, 5) is 18.5. The van der Waals surface area contributed by atoms with Crippen LogP contribution >= 0.6 is 11.6 Å². The fourth-order valence-corrected chi connectivity index (χ4v) is 2.82. The predicted octanol–water partition coefficient (Wildman–Crippen LogP) is 3.30. The number of fused-ring (bicyclic) bond motifs is 1. The van der Waals surface area contributed by atoms with Crippen molar-refractivity contribution in [3.8, 4) is 0 Å². The van der Waals surface area contributed by atoms with Crippen molar-refractivity contribution in [3.63, 3.8) is 0 Å². The molecule has 2 N–H and O–H groups in total. The number of hydrogen-bond acceptors (Lipinski definition) is 3. The van der Waals surface area contributed by atoms with E-state index in [1.165, 1.54) is 6.20 Å². The van der Waals surface area contributed by atoms with Gasteiger partial charge < -0.3 is 10.6 Å². The predicted molar refractivity (Wildman–Crippen MR) is 84.7 cm³/mol. The number of aromatic nitrogens is 1. The van der Waals surface area contributed by atoms with Crippen molar-refractivity contribution in [2.24, 2.45) is 0 Å². The molecule has 5 heteroatoms. The first-order chi connectivity index (χ1) is 10.1. The summed E-state index contributed by atoms with van der Waals surface area (Å²) in [6, 6.07) is 9.06. The Hall–Kier alpha value is -2.07. The summed E-state index contributed by atoms with van der Waals surface area (Å²) in [6.45, 7) is 0.706. The number of amides is 1. The number of nitrogens with two attached hydrogens (primary N) is 1. The van der Waals surface area contributed by atoms with Crippen LogP contribution in [0.3, 0.4) is 0 Å². The van der Waals surface area contributed by atoms with Gasteiger partial charge in [0.1, 0.15) is 5.82 Å². The van der Waals surface area contributed by atoms with Crippen LogP contribution < -0.4 is 10.6 Å². The van der Waals surface area contributed by atoms with E-state index in [0.717, 1.165) is 30.5 Å². The van der Waals surface area contributed by atoms with Gasteiger partial charge in [0.2, 0.25) is 0 Å². The average Bonchev–Trinajstić information content (AvgIpc) is 2.69. The molecule has 3 rings (SSSR count). The number of nitrogen functional groups attached to an aromatic ring is 1. The van der Waals surface area contributed by atoms with Crippen molar-refractivity contribution >= 4 is 29.0 Å². The first-order valence-electron chi connectivity index (χ1n) is 6.97. The van der Waals surface area contributed by atoms with E-state index >= 15 is 0 Å². The van der Waals surface area contributed by atoms with Gasteiger partial charge in [-0.15, -0.1) is 0 Å². The third kappa shape index (κ3) is 2.85. The van der Waals surface area contributed by atoms with Gasteiger partial charge in [0.25, 0.3) is 5.91 Å². The van der Waals surface area contributed by atoms with Gasteiger partial charge in [0, 0.05) is 23.5 Å². The number of rotatable bonds is 1. The Morgan fingerprint density at radius 2 is 2.10 bits per heavy atom. The van der Waals surface area contributed by atoms with Gasteiger partial charge in [0.15, 0.2) is 0 Å². The maximum absolute atomic E-state index is 12.7. The van der Waals surface area contributed by atoms with Crippen molar-refractivity contribution in [1.29, 1.82) is 0 Å². The minimum atomic E-state index is -0.0482. The fraction of sp³-hybridized carbons (Fsp3) is 0.250. The molecular formula is C16H16ClN3O.